The minimum atomic E-state index is 0.0631. The van der Waals surface area contributed by atoms with Gasteiger partial charge in [0, 0.05) is 35.9 Å². The largest absolute Gasteiger partial charge is 0.368 e. The standard InChI is InChI=1S/C15H17N5OS/c1-10-11(14(21)20-7-8-22-15(20)17-10)4-6-19-5-2-3-12-13(19)9-16-18-12/h7-9H,2-6H2,1H3,(H,16,18). The van der Waals surface area contributed by atoms with Crippen LogP contribution in [-0.2, 0) is 12.8 Å². The van der Waals surface area contributed by atoms with Crippen molar-refractivity contribution in [2.75, 3.05) is 18.0 Å². The minimum Gasteiger partial charge on any atom is -0.368 e. The van der Waals surface area contributed by atoms with Gasteiger partial charge in [0.25, 0.3) is 5.56 Å². The fourth-order valence-corrected chi connectivity index (χ4v) is 3.87. The first kappa shape index (κ1) is 13.5. The molecule has 6 nitrogen and oxygen atoms in total. The first-order valence-corrected chi connectivity index (χ1v) is 8.34. The van der Waals surface area contributed by atoms with E-state index in [9.17, 15) is 4.79 Å². The predicted molar refractivity (Wildman–Crippen MR) is 86.9 cm³/mol. The van der Waals surface area contributed by atoms with Gasteiger partial charge < -0.3 is 4.90 Å². The van der Waals surface area contributed by atoms with E-state index in [1.165, 1.54) is 22.7 Å². The van der Waals surface area contributed by atoms with Gasteiger partial charge in [-0.2, -0.15) is 5.10 Å². The molecule has 0 unspecified atom stereocenters. The van der Waals surface area contributed by atoms with Gasteiger partial charge in [-0.1, -0.05) is 0 Å². The van der Waals surface area contributed by atoms with Crippen LogP contribution >= 0.6 is 11.3 Å². The number of H-pyrrole nitrogens is 1. The zero-order chi connectivity index (χ0) is 15.1. The van der Waals surface area contributed by atoms with Gasteiger partial charge in [0.05, 0.1) is 17.6 Å². The van der Waals surface area contributed by atoms with Crippen molar-refractivity contribution in [2.24, 2.45) is 0 Å². The lowest BCUT2D eigenvalue weighted by atomic mass is 10.1. The van der Waals surface area contributed by atoms with Crippen molar-refractivity contribution >= 4 is 22.0 Å². The summed E-state index contributed by atoms with van der Waals surface area (Å²) in [6.45, 7) is 3.76. The molecule has 0 saturated heterocycles. The quantitative estimate of drug-likeness (QED) is 0.800. The van der Waals surface area contributed by atoms with Crippen LogP contribution in [0.3, 0.4) is 0 Å². The van der Waals surface area contributed by atoms with Gasteiger partial charge >= 0.3 is 0 Å². The van der Waals surface area contributed by atoms with Crippen LogP contribution < -0.4 is 10.5 Å². The maximum Gasteiger partial charge on any atom is 0.262 e. The molecule has 0 fully saturated rings. The Labute approximate surface area is 131 Å². The van der Waals surface area contributed by atoms with E-state index in [1.54, 1.807) is 10.6 Å². The number of aromatic nitrogens is 4. The molecule has 7 heteroatoms. The number of hydrogen-bond acceptors (Lipinski definition) is 5. The SMILES string of the molecule is Cc1nc2sccn2c(=O)c1CCN1CCCc2[nH]ncc21. The maximum absolute atomic E-state index is 12.6. The number of aryl methyl sites for hydroxylation is 2. The molecule has 4 rings (SSSR count). The van der Waals surface area contributed by atoms with E-state index in [-0.39, 0.29) is 5.56 Å². The van der Waals surface area contributed by atoms with Crippen LogP contribution in [0.5, 0.6) is 0 Å². The van der Waals surface area contributed by atoms with E-state index in [0.29, 0.717) is 6.42 Å². The predicted octanol–water partition coefficient (Wildman–Crippen LogP) is 1.78. The van der Waals surface area contributed by atoms with Crippen molar-refractivity contribution in [2.45, 2.75) is 26.2 Å². The Morgan fingerprint density at radius 3 is 3.27 bits per heavy atom. The lowest BCUT2D eigenvalue weighted by molar-refractivity contribution is 0.676. The highest BCUT2D eigenvalue weighted by Gasteiger charge is 2.19. The van der Waals surface area contributed by atoms with E-state index in [2.05, 4.69) is 20.1 Å². The number of nitrogens with one attached hydrogen (secondary N) is 1. The molecule has 0 aliphatic carbocycles. The molecule has 22 heavy (non-hydrogen) atoms. The van der Waals surface area contributed by atoms with E-state index in [1.807, 2.05) is 18.5 Å². The molecule has 3 aromatic rings. The number of hydrogen-bond donors (Lipinski definition) is 1. The highest BCUT2D eigenvalue weighted by atomic mass is 32.1. The van der Waals surface area contributed by atoms with E-state index in [0.717, 1.165) is 42.1 Å². The summed E-state index contributed by atoms with van der Waals surface area (Å²) in [6.07, 6.45) is 6.56. The summed E-state index contributed by atoms with van der Waals surface area (Å²) in [7, 11) is 0. The van der Waals surface area contributed by atoms with Crippen molar-refractivity contribution in [3.8, 4) is 0 Å². The summed E-state index contributed by atoms with van der Waals surface area (Å²) in [5.74, 6) is 0. The molecular weight excluding hydrogens is 298 g/mol. The Hall–Kier alpha value is -2.15. The third-order valence-corrected chi connectivity index (χ3v) is 5.05. The Balaban J connectivity index is 1.62. The lowest BCUT2D eigenvalue weighted by Gasteiger charge is -2.28. The topological polar surface area (TPSA) is 66.3 Å². The fourth-order valence-electron chi connectivity index (χ4n) is 3.12. The van der Waals surface area contributed by atoms with Gasteiger partial charge in [-0.3, -0.25) is 14.3 Å². The van der Waals surface area contributed by atoms with Crippen LogP contribution in [0.25, 0.3) is 4.96 Å². The molecule has 1 N–H and O–H groups in total. The van der Waals surface area contributed by atoms with Crippen LogP contribution in [0.4, 0.5) is 5.69 Å². The number of anilines is 1. The Kier molecular flexibility index (Phi) is 3.22. The summed E-state index contributed by atoms with van der Waals surface area (Å²) in [6, 6.07) is 0. The summed E-state index contributed by atoms with van der Waals surface area (Å²) in [5.41, 5.74) is 4.09. The molecule has 4 heterocycles. The highest BCUT2D eigenvalue weighted by molar-refractivity contribution is 7.15. The lowest BCUT2D eigenvalue weighted by Crippen LogP contribution is -2.32. The van der Waals surface area contributed by atoms with Crippen LogP contribution in [-0.4, -0.2) is 32.7 Å². The highest BCUT2D eigenvalue weighted by Crippen LogP contribution is 2.24. The Bertz CT molecular complexity index is 878. The molecule has 0 amide bonds. The molecule has 1 aliphatic heterocycles. The number of fused-ring (bicyclic) bond motifs is 2. The van der Waals surface area contributed by atoms with Crippen molar-refractivity contribution in [3.63, 3.8) is 0 Å². The monoisotopic (exact) mass is 315 g/mol. The van der Waals surface area contributed by atoms with Gasteiger partial charge in [0.2, 0.25) is 0 Å². The first-order valence-electron chi connectivity index (χ1n) is 7.46. The first-order chi connectivity index (χ1) is 10.7. The van der Waals surface area contributed by atoms with Gasteiger partial charge in [0.1, 0.15) is 0 Å². The molecule has 3 aromatic heterocycles. The smallest absolute Gasteiger partial charge is 0.262 e. The minimum absolute atomic E-state index is 0.0631. The Morgan fingerprint density at radius 1 is 1.45 bits per heavy atom. The van der Waals surface area contributed by atoms with Crippen molar-refractivity contribution in [1.82, 2.24) is 19.6 Å². The van der Waals surface area contributed by atoms with Crippen molar-refractivity contribution in [1.29, 1.82) is 0 Å². The third kappa shape index (κ3) is 2.12. The van der Waals surface area contributed by atoms with Gasteiger partial charge in [-0.25, -0.2) is 4.98 Å². The van der Waals surface area contributed by atoms with Crippen LogP contribution in [0.15, 0.2) is 22.6 Å². The molecule has 0 spiro atoms. The normalized spacial score (nSPS) is 14.5. The molecule has 0 bridgehead atoms. The molecule has 0 radical (unpaired) electrons. The second-order valence-electron chi connectivity index (χ2n) is 5.61. The summed E-state index contributed by atoms with van der Waals surface area (Å²) in [5, 5.41) is 9.09. The molecule has 114 valence electrons. The van der Waals surface area contributed by atoms with Gasteiger partial charge in [-0.15, -0.1) is 11.3 Å². The van der Waals surface area contributed by atoms with Crippen LogP contribution in [0.1, 0.15) is 23.4 Å². The van der Waals surface area contributed by atoms with Gasteiger partial charge in [-0.05, 0) is 26.2 Å². The zero-order valence-corrected chi connectivity index (χ0v) is 13.2. The maximum atomic E-state index is 12.6. The number of aromatic amines is 1. The third-order valence-electron chi connectivity index (χ3n) is 4.29. The zero-order valence-electron chi connectivity index (χ0n) is 12.4. The average molecular weight is 315 g/mol. The fraction of sp³-hybridized carbons (Fsp3) is 0.400. The number of nitrogens with zero attached hydrogens (tertiary/aromatic N) is 4. The van der Waals surface area contributed by atoms with Gasteiger partial charge in [0.15, 0.2) is 4.96 Å². The van der Waals surface area contributed by atoms with Crippen molar-refractivity contribution in [3.05, 3.63) is 45.1 Å². The van der Waals surface area contributed by atoms with Crippen LogP contribution in [0, 0.1) is 6.92 Å². The second-order valence-corrected chi connectivity index (χ2v) is 6.48. The van der Waals surface area contributed by atoms with E-state index >= 15 is 0 Å². The molecule has 0 aromatic carbocycles. The Morgan fingerprint density at radius 2 is 2.36 bits per heavy atom. The average Bonchev–Trinajstić information content (AvgIpc) is 3.15. The summed E-state index contributed by atoms with van der Waals surface area (Å²) < 4.78 is 1.65. The van der Waals surface area contributed by atoms with E-state index < -0.39 is 0 Å². The number of thiazole rings is 1. The molecule has 1 aliphatic rings. The van der Waals surface area contributed by atoms with Crippen molar-refractivity contribution < 1.29 is 0 Å². The molecular formula is C15H17N5OS. The summed E-state index contributed by atoms with van der Waals surface area (Å²) in [4.78, 5) is 20.2. The number of rotatable bonds is 3. The molecule has 0 atom stereocenters. The molecule has 0 saturated carbocycles. The summed E-state index contributed by atoms with van der Waals surface area (Å²) >= 11 is 1.49. The second kappa shape index (κ2) is 5.24. The van der Waals surface area contributed by atoms with E-state index in [4.69, 9.17) is 0 Å². The van der Waals surface area contributed by atoms with Crippen LogP contribution in [0.2, 0.25) is 0 Å².